The normalized spacial score (nSPS) is 10.4. The maximum Gasteiger partial charge on any atom is 0.267 e. The number of carbonyl (C=O) groups excluding carboxylic acids is 1. The molecule has 0 aliphatic rings. The maximum atomic E-state index is 12.1. The SMILES string of the molecule is Cc1noc(CNC(=O)c2cccc(Nc3nn[nH]n3)c2)n1. The minimum absolute atomic E-state index is 0.169. The Hall–Kier alpha value is -3.30. The number of rotatable bonds is 5. The van der Waals surface area contributed by atoms with Crippen molar-refractivity contribution >= 4 is 17.5 Å². The monoisotopic (exact) mass is 300 g/mol. The zero-order valence-corrected chi connectivity index (χ0v) is 11.6. The van der Waals surface area contributed by atoms with Crippen LogP contribution in [0.3, 0.4) is 0 Å². The van der Waals surface area contributed by atoms with Gasteiger partial charge in [-0.25, -0.2) is 0 Å². The molecule has 0 fully saturated rings. The van der Waals surface area contributed by atoms with Gasteiger partial charge in [-0.05, 0) is 30.3 Å². The van der Waals surface area contributed by atoms with Crippen LogP contribution in [-0.4, -0.2) is 36.7 Å². The van der Waals surface area contributed by atoms with Crippen LogP contribution >= 0.6 is 0 Å². The molecule has 2 aromatic heterocycles. The number of aromatic nitrogens is 6. The van der Waals surface area contributed by atoms with Crippen LogP contribution in [0.15, 0.2) is 28.8 Å². The van der Waals surface area contributed by atoms with E-state index in [4.69, 9.17) is 4.52 Å². The van der Waals surface area contributed by atoms with E-state index in [0.29, 0.717) is 28.9 Å². The van der Waals surface area contributed by atoms with Gasteiger partial charge in [0.1, 0.15) is 0 Å². The molecule has 1 aromatic carbocycles. The summed E-state index contributed by atoms with van der Waals surface area (Å²) in [6.45, 7) is 1.88. The Morgan fingerprint density at radius 1 is 1.41 bits per heavy atom. The Kier molecular flexibility index (Phi) is 3.72. The number of hydrogen-bond acceptors (Lipinski definition) is 8. The highest BCUT2D eigenvalue weighted by Gasteiger charge is 2.09. The molecule has 0 radical (unpaired) electrons. The van der Waals surface area contributed by atoms with Crippen LogP contribution in [0.4, 0.5) is 11.6 Å². The number of carbonyl (C=O) groups is 1. The third-order valence-corrected chi connectivity index (χ3v) is 2.70. The Balaban J connectivity index is 1.64. The van der Waals surface area contributed by atoms with Crippen molar-refractivity contribution in [3.63, 3.8) is 0 Å². The maximum absolute atomic E-state index is 12.1. The van der Waals surface area contributed by atoms with Crippen molar-refractivity contribution < 1.29 is 9.32 Å². The predicted octanol–water partition coefficient (Wildman–Crippen LogP) is 0.565. The predicted molar refractivity (Wildman–Crippen MR) is 74.1 cm³/mol. The summed E-state index contributed by atoms with van der Waals surface area (Å²) in [6, 6.07) is 6.89. The highest BCUT2D eigenvalue weighted by atomic mass is 16.5. The summed E-state index contributed by atoms with van der Waals surface area (Å²) in [5.74, 6) is 0.939. The van der Waals surface area contributed by atoms with Crippen LogP contribution in [0.25, 0.3) is 0 Å². The van der Waals surface area contributed by atoms with Crippen molar-refractivity contribution in [2.24, 2.45) is 0 Å². The fourth-order valence-electron chi connectivity index (χ4n) is 1.75. The van der Waals surface area contributed by atoms with Crippen LogP contribution in [-0.2, 0) is 6.54 Å². The first-order valence-corrected chi connectivity index (χ1v) is 6.38. The average molecular weight is 300 g/mol. The van der Waals surface area contributed by atoms with Gasteiger partial charge in [0.25, 0.3) is 11.9 Å². The molecule has 3 aromatic rings. The van der Waals surface area contributed by atoms with Gasteiger partial charge in [0.2, 0.25) is 5.89 Å². The van der Waals surface area contributed by atoms with E-state index in [2.05, 4.69) is 41.4 Å². The second-order valence-electron chi connectivity index (χ2n) is 4.36. The summed E-state index contributed by atoms with van der Waals surface area (Å²) in [5.41, 5.74) is 1.15. The minimum atomic E-state index is -0.257. The largest absolute Gasteiger partial charge is 0.343 e. The van der Waals surface area contributed by atoms with E-state index in [1.807, 2.05) is 0 Å². The van der Waals surface area contributed by atoms with Gasteiger partial charge in [-0.1, -0.05) is 16.3 Å². The molecule has 0 saturated heterocycles. The molecule has 0 aliphatic carbocycles. The number of hydrogen-bond donors (Lipinski definition) is 3. The second-order valence-corrected chi connectivity index (χ2v) is 4.36. The minimum Gasteiger partial charge on any atom is -0.343 e. The van der Waals surface area contributed by atoms with E-state index < -0.39 is 0 Å². The molecule has 0 saturated carbocycles. The van der Waals surface area contributed by atoms with Gasteiger partial charge in [0.15, 0.2) is 5.82 Å². The van der Waals surface area contributed by atoms with Crippen molar-refractivity contribution in [3.05, 3.63) is 41.5 Å². The molecule has 0 atom stereocenters. The van der Waals surface area contributed by atoms with E-state index in [1.54, 1.807) is 31.2 Å². The zero-order chi connectivity index (χ0) is 15.4. The van der Waals surface area contributed by atoms with E-state index in [-0.39, 0.29) is 12.5 Å². The molecule has 2 heterocycles. The molecular formula is C12H12N8O2. The molecule has 0 bridgehead atoms. The first-order valence-electron chi connectivity index (χ1n) is 6.38. The molecule has 112 valence electrons. The van der Waals surface area contributed by atoms with Crippen molar-refractivity contribution in [1.29, 1.82) is 0 Å². The lowest BCUT2D eigenvalue weighted by Crippen LogP contribution is -2.23. The highest BCUT2D eigenvalue weighted by molar-refractivity contribution is 5.95. The fourth-order valence-corrected chi connectivity index (χ4v) is 1.75. The van der Waals surface area contributed by atoms with E-state index in [1.165, 1.54) is 0 Å². The first kappa shape index (κ1) is 13.7. The van der Waals surface area contributed by atoms with Crippen LogP contribution in [0.1, 0.15) is 22.1 Å². The van der Waals surface area contributed by atoms with Gasteiger partial charge in [0.05, 0.1) is 6.54 Å². The number of anilines is 2. The molecule has 0 unspecified atom stereocenters. The summed E-state index contributed by atoms with van der Waals surface area (Å²) in [4.78, 5) is 16.1. The molecule has 3 N–H and O–H groups in total. The summed E-state index contributed by atoms with van der Waals surface area (Å²) in [7, 11) is 0. The van der Waals surface area contributed by atoms with Crippen molar-refractivity contribution in [2.45, 2.75) is 13.5 Å². The lowest BCUT2D eigenvalue weighted by molar-refractivity contribution is 0.0946. The van der Waals surface area contributed by atoms with Crippen molar-refractivity contribution in [1.82, 2.24) is 36.1 Å². The molecule has 3 rings (SSSR count). The van der Waals surface area contributed by atoms with E-state index >= 15 is 0 Å². The quantitative estimate of drug-likeness (QED) is 0.622. The summed E-state index contributed by atoms with van der Waals surface area (Å²) in [5, 5.41) is 22.6. The zero-order valence-electron chi connectivity index (χ0n) is 11.6. The lowest BCUT2D eigenvalue weighted by atomic mass is 10.2. The topological polar surface area (TPSA) is 135 Å². The third-order valence-electron chi connectivity index (χ3n) is 2.70. The van der Waals surface area contributed by atoms with Crippen LogP contribution in [0.2, 0.25) is 0 Å². The van der Waals surface area contributed by atoms with Gasteiger partial charge in [-0.3, -0.25) is 4.79 Å². The number of benzene rings is 1. The molecule has 10 nitrogen and oxygen atoms in total. The number of aryl methyl sites for hydroxylation is 1. The standard InChI is InChI=1S/C12H12N8O2/c1-7-14-10(22-18-7)6-13-11(21)8-3-2-4-9(5-8)15-12-16-19-20-17-12/h2-5H,6H2,1H3,(H,13,21)(H2,15,16,17,19,20). The molecule has 10 heteroatoms. The van der Waals surface area contributed by atoms with Gasteiger partial charge in [0, 0.05) is 11.3 Å². The third kappa shape index (κ3) is 3.23. The molecule has 0 spiro atoms. The van der Waals surface area contributed by atoms with E-state index in [0.717, 1.165) is 0 Å². The smallest absolute Gasteiger partial charge is 0.267 e. The van der Waals surface area contributed by atoms with Crippen molar-refractivity contribution in [3.8, 4) is 0 Å². The van der Waals surface area contributed by atoms with E-state index in [9.17, 15) is 4.79 Å². The first-order chi connectivity index (χ1) is 10.7. The van der Waals surface area contributed by atoms with Crippen LogP contribution in [0, 0.1) is 6.92 Å². The number of amides is 1. The lowest BCUT2D eigenvalue weighted by Gasteiger charge is -2.05. The van der Waals surface area contributed by atoms with Crippen LogP contribution < -0.4 is 10.6 Å². The second kappa shape index (κ2) is 5.99. The Morgan fingerprint density at radius 3 is 3.05 bits per heavy atom. The molecule has 22 heavy (non-hydrogen) atoms. The molecule has 1 amide bonds. The number of aromatic amines is 1. The van der Waals surface area contributed by atoms with Gasteiger partial charge in [-0.2, -0.15) is 10.2 Å². The Morgan fingerprint density at radius 2 is 2.32 bits per heavy atom. The summed E-state index contributed by atoms with van der Waals surface area (Å²) >= 11 is 0. The fraction of sp³-hybridized carbons (Fsp3) is 0.167. The average Bonchev–Trinajstić information content (AvgIpc) is 3.17. The molecular weight excluding hydrogens is 288 g/mol. The van der Waals surface area contributed by atoms with Crippen LogP contribution in [0.5, 0.6) is 0 Å². The van der Waals surface area contributed by atoms with Gasteiger partial charge in [-0.15, -0.1) is 5.10 Å². The van der Waals surface area contributed by atoms with Gasteiger partial charge < -0.3 is 15.2 Å². The number of nitrogens with one attached hydrogen (secondary N) is 3. The summed E-state index contributed by atoms with van der Waals surface area (Å²) < 4.78 is 4.93. The summed E-state index contributed by atoms with van der Waals surface area (Å²) in [6.07, 6.45) is 0. The van der Waals surface area contributed by atoms with Gasteiger partial charge >= 0.3 is 0 Å². The number of H-pyrrole nitrogens is 1. The molecule has 0 aliphatic heterocycles. The van der Waals surface area contributed by atoms with Crippen molar-refractivity contribution in [2.75, 3.05) is 5.32 Å². The Bertz CT molecular complexity index is 767. The highest BCUT2D eigenvalue weighted by Crippen LogP contribution is 2.14. The number of tetrazole rings is 1. The Labute approximate surface area is 124 Å². The number of nitrogens with zero attached hydrogens (tertiary/aromatic N) is 5.